The summed E-state index contributed by atoms with van der Waals surface area (Å²) >= 11 is 1.43. The van der Waals surface area contributed by atoms with E-state index in [1.165, 1.54) is 23.7 Å². The number of methoxy groups -OCH3 is 1. The van der Waals surface area contributed by atoms with Crippen LogP contribution in [-0.2, 0) is 11.3 Å². The highest BCUT2D eigenvalue weighted by Gasteiger charge is 2.05. The Hall–Kier alpha value is -1.30. The molecule has 1 aromatic carbocycles. The summed E-state index contributed by atoms with van der Waals surface area (Å²) in [7, 11) is 1.68. The Morgan fingerprint density at radius 2 is 2.28 bits per heavy atom. The molecule has 0 bridgehead atoms. The maximum absolute atomic E-state index is 13.1. The molecule has 0 aliphatic heterocycles. The molecular formula is C13H15FN2OS. The second kappa shape index (κ2) is 6.58. The van der Waals surface area contributed by atoms with Gasteiger partial charge in [-0.05, 0) is 29.7 Å². The van der Waals surface area contributed by atoms with Crippen LogP contribution < -0.4 is 5.32 Å². The molecule has 18 heavy (non-hydrogen) atoms. The number of benzene rings is 1. The van der Waals surface area contributed by atoms with Crippen molar-refractivity contribution in [3.05, 3.63) is 41.0 Å². The number of aromatic nitrogens is 1. The van der Waals surface area contributed by atoms with Crippen LogP contribution >= 0.6 is 11.5 Å². The summed E-state index contributed by atoms with van der Waals surface area (Å²) < 4.78 is 22.4. The van der Waals surface area contributed by atoms with Crippen molar-refractivity contribution < 1.29 is 9.13 Å². The maximum atomic E-state index is 13.1. The lowest BCUT2D eigenvalue weighted by Crippen LogP contribution is -2.17. The molecule has 2 rings (SSSR count). The fraction of sp³-hybridized carbons (Fsp3) is 0.308. The minimum atomic E-state index is -0.236. The Labute approximate surface area is 110 Å². The molecule has 1 aromatic heterocycles. The predicted octanol–water partition coefficient (Wildman–Crippen LogP) is 2.69. The zero-order valence-electron chi connectivity index (χ0n) is 10.1. The number of hydrogen-bond donors (Lipinski definition) is 1. The van der Waals surface area contributed by atoms with Gasteiger partial charge < -0.3 is 10.1 Å². The third-order valence-corrected chi connectivity index (χ3v) is 3.25. The summed E-state index contributed by atoms with van der Waals surface area (Å²) in [6, 6.07) is 8.47. The number of rotatable bonds is 6. The molecule has 3 nitrogen and oxygen atoms in total. The van der Waals surface area contributed by atoms with Crippen LogP contribution in [0.2, 0.25) is 0 Å². The standard InChI is InChI=1S/C13H15FN2OS/c1-17-6-5-15-9-12-8-13(16-18-12)10-3-2-4-11(14)7-10/h2-4,7-8,15H,5-6,9H2,1H3. The molecule has 2 aromatic rings. The molecule has 0 atom stereocenters. The summed E-state index contributed by atoms with van der Waals surface area (Å²) in [6.07, 6.45) is 0. The van der Waals surface area contributed by atoms with Crippen LogP contribution in [0.1, 0.15) is 4.88 Å². The second-order valence-corrected chi connectivity index (χ2v) is 4.75. The van der Waals surface area contributed by atoms with Gasteiger partial charge in [0.2, 0.25) is 0 Å². The maximum Gasteiger partial charge on any atom is 0.123 e. The highest BCUT2D eigenvalue weighted by atomic mass is 32.1. The highest BCUT2D eigenvalue weighted by molar-refractivity contribution is 7.06. The van der Waals surface area contributed by atoms with Crippen molar-refractivity contribution in [2.45, 2.75) is 6.54 Å². The molecule has 0 aliphatic rings. The third kappa shape index (κ3) is 3.60. The molecule has 1 heterocycles. The Morgan fingerprint density at radius 1 is 1.39 bits per heavy atom. The zero-order valence-corrected chi connectivity index (χ0v) is 11.0. The first-order chi connectivity index (χ1) is 8.79. The summed E-state index contributed by atoms with van der Waals surface area (Å²) in [5, 5.41) is 3.25. The number of halogens is 1. The minimum Gasteiger partial charge on any atom is -0.383 e. The van der Waals surface area contributed by atoms with Gasteiger partial charge in [0.15, 0.2) is 0 Å². The molecule has 0 spiro atoms. The molecule has 0 aliphatic carbocycles. The van der Waals surface area contributed by atoms with Gasteiger partial charge in [0.25, 0.3) is 0 Å². The molecule has 1 N–H and O–H groups in total. The molecule has 96 valence electrons. The van der Waals surface area contributed by atoms with Crippen LogP contribution in [0.15, 0.2) is 30.3 Å². The third-order valence-electron chi connectivity index (χ3n) is 2.46. The number of nitrogens with one attached hydrogen (secondary N) is 1. The smallest absolute Gasteiger partial charge is 0.123 e. The van der Waals surface area contributed by atoms with E-state index in [0.29, 0.717) is 6.61 Å². The van der Waals surface area contributed by atoms with E-state index >= 15 is 0 Å². The predicted molar refractivity (Wildman–Crippen MR) is 71.1 cm³/mol. The van der Waals surface area contributed by atoms with Crippen LogP contribution in [0.25, 0.3) is 11.3 Å². The van der Waals surface area contributed by atoms with Crippen LogP contribution in [0.3, 0.4) is 0 Å². The van der Waals surface area contributed by atoms with Crippen molar-refractivity contribution in [2.24, 2.45) is 0 Å². The van der Waals surface area contributed by atoms with E-state index in [0.717, 1.165) is 29.2 Å². The number of nitrogens with zero attached hydrogens (tertiary/aromatic N) is 1. The van der Waals surface area contributed by atoms with Crippen molar-refractivity contribution in [3.63, 3.8) is 0 Å². The highest BCUT2D eigenvalue weighted by Crippen LogP contribution is 2.22. The van der Waals surface area contributed by atoms with E-state index < -0.39 is 0 Å². The van der Waals surface area contributed by atoms with Crippen LogP contribution in [0.4, 0.5) is 4.39 Å². The van der Waals surface area contributed by atoms with E-state index in [4.69, 9.17) is 4.74 Å². The van der Waals surface area contributed by atoms with Gasteiger partial charge in [-0.1, -0.05) is 12.1 Å². The lowest BCUT2D eigenvalue weighted by molar-refractivity contribution is 0.199. The van der Waals surface area contributed by atoms with E-state index in [9.17, 15) is 4.39 Å². The summed E-state index contributed by atoms with van der Waals surface area (Å²) in [5.74, 6) is -0.236. The van der Waals surface area contributed by atoms with E-state index in [2.05, 4.69) is 9.69 Å². The molecule has 0 radical (unpaired) electrons. The van der Waals surface area contributed by atoms with Crippen molar-refractivity contribution >= 4 is 11.5 Å². The first-order valence-corrected chi connectivity index (χ1v) is 6.48. The van der Waals surface area contributed by atoms with E-state index in [1.807, 2.05) is 12.1 Å². The largest absolute Gasteiger partial charge is 0.383 e. The Bertz CT molecular complexity index is 501. The van der Waals surface area contributed by atoms with Gasteiger partial charge in [-0.3, -0.25) is 0 Å². The average Bonchev–Trinajstić information content (AvgIpc) is 2.83. The SMILES string of the molecule is COCCNCc1cc(-c2cccc(F)c2)ns1. The molecular weight excluding hydrogens is 251 g/mol. The van der Waals surface area contributed by atoms with Crippen molar-refractivity contribution in [3.8, 4) is 11.3 Å². The monoisotopic (exact) mass is 266 g/mol. The van der Waals surface area contributed by atoms with Crippen LogP contribution in [-0.4, -0.2) is 24.6 Å². The summed E-state index contributed by atoms with van der Waals surface area (Å²) in [6.45, 7) is 2.26. The van der Waals surface area contributed by atoms with Gasteiger partial charge in [0.05, 0.1) is 12.3 Å². The van der Waals surface area contributed by atoms with Gasteiger partial charge >= 0.3 is 0 Å². The minimum absolute atomic E-state index is 0.236. The lowest BCUT2D eigenvalue weighted by Gasteiger charge is -2.00. The Balaban J connectivity index is 1.97. The fourth-order valence-electron chi connectivity index (χ4n) is 1.57. The van der Waals surface area contributed by atoms with E-state index in [1.54, 1.807) is 13.2 Å². The van der Waals surface area contributed by atoms with Gasteiger partial charge in [-0.15, -0.1) is 0 Å². The van der Waals surface area contributed by atoms with Crippen molar-refractivity contribution in [1.29, 1.82) is 0 Å². The summed E-state index contributed by atoms with van der Waals surface area (Å²) in [5.41, 5.74) is 1.64. The van der Waals surface area contributed by atoms with Gasteiger partial charge in [0.1, 0.15) is 5.82 Å². The van der Waals surface area contributed by atoms with Gasteiger partial charge in [0, 0.05) is 30.6 Å². The average molecular weight is 266 g/mol. The summed E-state index contributed by atoms with van der Waals surface area (Å²) in [4.78, 5) is 1.13. The topological polar surface area (TPSA) is 34.1 Å². The second-order valence-electron chi connectivity index (χ2n) is 3.86. The lowest BCUT2D eigenvalue weighted by atomic mass is 10.1. The molecule has 0 saturated carbocycles. The molecule has 0 fully saturated rings. The number of hydrogen-bond acceptors (Lipinski definition) is 4. The van der Waals surface area contributed by atoms with Gasteiger partial charge in [-0.2, -0.15) is 4.37 Å². The molecule has 0 saturated heterocycles. The molecule has 5 heteroatoms. The van der Waals surface area contributed by atoms with Gasteiger partial charge in [-0.25, -0.2) is 4.39 Å². The molecule has 0 unspecified atom stereocenters. The first kappa shape index (κ1) is 13.1. The van der Waals surface area contributed by atoms with Crippen LogP contribution in [0.5, 0.6) is 0 Å². The Kier molecular flexibility index (Phi) is 4.81. The van der Waals surface area contributed by atoms with Crippen LogP contribution in [0, 0.1) is 5.82 Å². The first-order valence-electron chi connectivity index (χ1n) is 5.71. The fourth-order valence-corrected chi connectivity index (χ4v) is 2.27. The normalized spacial score (nSPS) is 10.8. The van der Waals surface area contributed by atoms with Crippen molar-refractivity contribution in [2.75, 3.05) is 20.3 Å². The Morgan fingerprint density at radius 3 is 3.06 bits per heavy atom. The van der Waals surface area contributed by atoms with E-state index in [-0.39, 0.29) is 5.82 Å². The molecule has 0 amide bonds. The number of ether oxygens (including phenoxy) is 1. The quantitative estimate of drug-likeness (QED) is 0.816. The van der Waals surface area contributed by atoms with Crippen molar-refractivity contribution in [1.82, 2.24) is 9.69 Å². The zero-order chi connectivity index (χ0) is 12.8.